The van der Waals surface area contributed by atoms with Crippen LogP contribution < -0.4 is 0 Å². The SMILES string of the molecule is O=C(Cc1ccc(Cl)cc1)OC/C=C\c1ccccc1. The summed E-state index contributed by atoms with van der Waals surface area (Å²) in [6, 6.07) is 17.0. The van der Waals surface area contributed by atoms with E-state index in [1.807, 2.05) is 54.6 Å². The minimum atomic E-state index is -0.245. The van der Waals surface area contributed by atoms with Gasteiger partial charge in [-0.2, -0.15) is 0 Å². The quantitative estimate of drug-likeness (QED) is 0.772. The molecule has 0 aliphatic carbocycles. The Morgan fingerprint density at radius 3 is 2.45 bits per heavy atom. The molecule has 0 radical (unpaired) electrons. The predicted molar refractivity (Wildman–Crippen MR) is 81.6 cm³/mol. The van der Waals surface area contributed by atoms with Crippen LogP contribution >= 0.6 is 11.6 Å². The van der Waals surface area contributed by atoms with Crippen molar-refractivity contribution in [1.29, 1.82) is 0 Å². The molecule has 0 heterocycles. The minimum absolute atomic E-state index is 0.245. The van der Waals surface area contributed by atoms with Crippen LogP contribution in [-0.2, 0) is 16.0 Å². The molecule has 0 aromatic heterocycles. The summed E-state index contributed by atoms with van der Waals surface area (Å²) in [5.41, 5.74) is 1.98. The maximum Gasteiger partial charge on any atom is 0.310 e. The first-order chi connectivity index (χ1) is 9.74. The third-order valence-corrected chi connectivity index (χ3v) is 2.96. The van der Waals surface area contributed by atoms with E-state index >= 15 is 0 Å². The highest BCUT2D eigenvalue weighted by Gasteiger charge is 2.03. The van der Waals surface area contributed by atoms with Gasteiger partial charge in [0.05, 0.1) is 6.42 Å². The molecular formula is C17H15ClO2. The number of esters is 1. The third kappa shape index (κ3) is 4.90. The molecule has 0 aliphatic heterocycles. The van der Waals surface area contributed by atoms with E-state index < -0.39 is 0 Å². The van der Waals surface area contributed by atoms with Crippen molar-refractivity contribution in [3.63, 3.8) is 0 Å². The third-order valence-electron chi connectivity index (χ3n) is 2.71. The van der Waals surface area contributed by atoms with Crippen LogP contribution in [0.2, 0.25) is 5.02 Å². The van der Waals surface area contributed by atoms with Gasteiger partial charge in [0.2, 0.25) is 0 Å². The van der Waals surface area contributed by atoms with Gasteiger partial charge in [-0.1, -0.05) is 60.1 Å². The first-order valence-electron chi connectivity index (χ1n) is 6.36. The van der Waals surface area contributed by atoms with Gasteiger partial charge >= 0.3 is 5.97 Å². The molecule has 0 atom stereocenters. The number of halogens is 1. The Bertz CT molecular complexity index is 574. The maximum absolute atomic E-state index is 11.6. The molecule has 2 aromatic rings. The Morgan fingerprint density at radius 1 is 1.05 bits per heavy atom. The molecule has 0 unspecified atom stereocenters. The molecular weight excluding hydrogens is 272 g/mol. The average Bonchev–Trinajstić information content (AvgIpc) is 2.47. The predicted octanol–water partition coefficient (Wildman–Crippen LogP) is 4.14. The highest BCUT2D eigenvalue weighted by atomic mass is 35.5. The molecule has 0 saturated carbocycles. The van der Waals surface area contributed by atoms with Crippen LogP contribution in [-0.4, -0.2) is 12.6 Å². The zero-order valence-corrected chi connectivity index (χ0v) is 11.7. The van der Waals surface area contributed by atoms with Crippen LogP contribution in [0.4, 0.5) is 0 Å². The van der Waals surface area contributed by atoms with Crippen molar-refractivity contribution in [2.45, 2.75) is 6.42 Å². The van der Waals surface area contributed by atoms with Gasteiger partial charge in [0, 0.05) is 5.02 Å². The van der Waals surface area contributed by atoms with E-state index in [4.69, 9.17) is 16.3 Å². The lowest BCUT2D eigenvalue weighted by atomic mass is 10.1. The van der Waals surface area contributed by atoms with Crippen LogP contribution in [0.3, 0.4) is 0 Å². The molecule has 2 aromatic carbocycles. The van der Waals surface area contributed by atoms with Gasteiger partial charge in [-0.05, 0) is 29.3 Å². The lowest BCUT2D eigenvalue weighted by Crippen LogP contribution is -2.07. The van der Waals surface area contributed by atoms with E-state index in [-0.39, 0.29) is 19.0 Å². The zero-order valence-electron chi connectivity index (χ0n) is 11.0. The monoisotopic (exact) mass is 286 g/mol. The number of ether oxygens (including phenoxy) is 1. The zero-order chi connectivity index (χ0) is 14.2. The number of carbonyl (C=O) groups excluding carboxylic acids is 1. The number of rotatable bonds is 5. The van der Waals surface area contributed by atoms with Gasteiger partial charge in [-0.25, -0.2) is 0 Å². The molecule has 0 fully saturated rings. The number of hydrogen-bond donors (Lipinski definition) is 0. The van der Waals surface area contributed by atoms with Crippen molar-refractivity contribution < 1.29 is 9.53 Å². The lowest BCUT2D eigenvalue weighted by molar-refractivity contribution is -0.141. The van der Waals surface area contributed by atoms with Crippen LogP contribution in [0.25, 0.3) is 6.08 Å². The molecule has 2 rings (SSSR count). The van der Waals surface area contributed by atoms with E-state index in [0.29, 0.717) is 5.02 Å². The minimum Gasteiger partial charge on any atom is -0.461 e. The molecule has 3 heteroatoms. The average molecular weight is 287 g/mol. The van der Waals surface area contributed by atoms with Crippen LogP contribution in [0, 0.1) is 0 Å². The lowest BCUT2D eigenvalue weighted by Gasteiger charge is -2.02. The number of carbonyl (C=O) groups is 1. The van der Waals surface area contributed by atoms with E-state index in [9.17, 15) is 4.79 Å². The number of benzene rings is 2. The number of hydrogen-bond acceptors (Lipinski definition) is 2. The van der Waals surface area contributed by atoms with E-state index in [2.05, 4.69) is 0 Å². The summed E-state index contributed by atoms with van der Waals surface area (Å²) in [6.07, 6.45) is 4.01. The van der Waals surface area contributed by atoms with E-state index in [1.165, 1.54) is 0 Å². The molecule has 0 aliphatic rings. The smallest absolute Gasteiger partial charge is 0.310 e. The molecule has 20 heavy (non-hydrogen) atoms. The first kappa shape index (κ1) is 14.4. The molecule has 0 N–H and O–H groups in total. The second kappa shape index (κ2) is 7.51. The standard InChI is InChI=1S/C17H15ClO2/c18-16-10-8-15(9-11-16)13-17(19)20-12-4-7-14-5-2-1-3-6-14/h1-11H,12-13H2/b7-4-. The maximum atomic E-state index is 11.6. The fourth-order valence-corrected chi connectivity index (χ4v) is 1.84. The summed E-state index contributed by atoms with van der Waals surface area (Å²) in [6.45, 7) is 0.279. The van der Waals surface area contributed by atoms with Crippen molar-refractivity contribution in [2.24, 2.45) is 0 Å². The molecule has 0 bridgehead atoms. The fraction of sp³-hybridized carbons (Fsp3) is 0.118. The Labute approximate surface area is 123 Å². The van der Waals surface area contributed by atoms with Gasteiger partial charge in [-0.15, -0.1) is 0 Å². The van der Waals surface area contributed by atoms with Crippen molar-refractivity contribution in [2.75, 3.05) is 6.61 Å². The summed E-state index contributed by atoms with van der Waals surface area (Å²) in [5, 5.41) is 0.660. The van der Waals surface area contributed by atoms with Gasteiger partial charge < -0.3 is 4.74 Å². The Hall–Kier alpha value is -2.06. The topological polar surface area (TPSA) is 26.3 Å². The van der Waals surface area contributed by atoms with Crippen LogP contribution in [0.5, 0.6) is 0 Å². The van der Waals surface area contributed by atoms with Crippen LogP contribution in [0.15, 0.2) is 60.7 Å². The fourth-order valence-electron chi connectivity index (χ4n) is 1.71. The normalized spacial score (nSPS) is 10.7. The molecule has 0 saturated heterocycles. The van der Waals surface area contributed by atoms with Gasteiger partial charge in [0.15, 0.2) is 0 Å². The molecule has 0 spiro atoms. The van der Waals surface area contributed by atoms with Gasteiger partial charge in [0.25, 0.3) is 0 Å². The van der Waals surface area contributed by atoms with Gasteiger partial charge in [0.1, 0.15) is 6.61 Å². The highest BCUT2D eigenvalue weighted by molar-refractivity contribution is 6.30. The second-order valence-electron chi connectivity index (χ2n) is 4.30. The second-order valence-corrected chi connectivity index (χ2v) is 4.74. The summed E-state index contributed by atoms with van der Waals surface area (Å²) in [4.78, 5) is 11.6. The van der Waals surface area contributed by atoms with Crippen LogP contribution in [0.1, 0.15) is 11.1 Å². The van der Waals surface area contributed by atoms with E-state index in [1.54, 1.807) is 12.1 Å². The van der Waals surface area contributed by atoms with Crippen molar-refractivity contribution >= 4 is 23.6 Å². The summed E-state index contributed by atoms with van der Waals surface area (Å²) in [7, 11) is 0. The first-order valence-corrected chi connectivity index (χ1v) is 6.73. The summed E-state index contributed by atoms with van der Waals surface area (Å²) >= 11 is 5.78. The van der Waals surface area contributed by atoms with Crippen molar-refractivity contribution in [1.82, 2.24) is 0 Å². The highest BCUT2D eigenvalue weighted by Crippen LogP contribution is 2.10. The molecule has 2 nitrogen and oxygen atoms in total. The Balaban J connectivity index is 1.75. The summed E-state index contributed by atoms with van der Waals surface area (Å²) in [5.74, 6) is -0.245. The largest absolute Gasteiger partial charge is 0.461 e. The van der Waals surface area contributed by atoms with Crippen molar-refractivity contribution in [3.05, 3.63) is 76.8 Å². The van der Waals surface area contributed by atoms with Crippen molar-refractivity contribution in [3.8, 4) is 0 Å². The molecule has 0 amide bonds. The molecule has 102 valence electrons. The van der Waals surface area contributed by atoms with Gasteiger partial charge in [-0.3, -0.25) is 4.79 Å². The summed E-state index contributed by atoms with van der Waals surface area (Å²) < 4.78 is 5.14. The van der Waals surface area contributed by atoms with E-state index in [0.717, 1.165) is 11.1 Å². The Kier molecular flexibility index (Phi) is 5.39. The Morgan fingerprint density at radius 2 is 1.75 bits per heavy atom.